The van der Waals surface area contributed by atoms with E-state index in [1.807, 2.05) is 0 Å². The summed E-state index contributed by atoms with van der Waals surface area (Å²) in [7, 11) is -5.12. The van der Waals surface area contributed by atoms with Crippen molar-refractivity contribution in [3.63, 3.8) is 0 Å². The third-order valence-electron chi connectivity index (χ3n) is 3.63. The Balaban J connectivity index is 2.60. The second-order valence-electron chi connectivity index (χ2n) is 5.46. The van der Waals surface area contributed by atoms with Crippen LogP contribution in [0.25, 0.3) is 0 Å². The molecule has 2 aromatic carbocycles. The third kappa shape index (κ3) is 4.22. The minimum Gasteiger partial charge on any atom is -0.508 e. The van der Waals surface area contributed by atoms with E-state index in [9.17, 15) is 30.1 Å². The average Bonchev–Trinajstić information content (AvgIpc) is 2.43. The van der Waals surface area contributed by atoms with Crippen LogP contribution in [-0.2, 0) is 10.4 Å². The SMILES string of the molecule is CC(c1cccc(O)c1)C(O)(O)c1c(O)cc(O)cc1OP(=O)(O)O. The van der Waals surface area contributed by atoms with Gasteiger partial charge in [-0.25, -0.2) is 4.57 Å². The van der Waals surface area contributed by atoms with Crippen LogP contribution in [0.15, 0.2) is 36.4 Å². The lowest BCUT2D eigenvalue weighted by molar-refractivity contribution is -0.186. The van der Waals surface area contributed by atoms with Crippen molar-refractivity contribution in [2.45, 2.75) is 18.6 Å². The monoisotopic (exact) mass is 372 g/mol. The average molecular weight is 372 g/mol. The van der Waals surface area contributed by atoms with Crippen molar-refractivity contribution < 1.29 is 44.4 Å². The van der Waals surface area contributed by atoms with E-state index < -0.39 is 42.3 Å². The highest BCUT2D eigenvalue weighted by atomic mass is 31.2. The van der Waals surface area contributed by atoms with Crippen molar-refractivity contribution in [2.24, 2.45) is 0 Å². The van der Waals surface area contributed by atoms with Gasteiger partial charge in [0.05, 0.1) is 5.56 Å². The standard InChI is InChI=1S/C15H17O9P/c1-8(9-3-2-4-10(16)5-9)15(19,20)14-12(18)6-11(17)7-13(14)24-25(21,22)23/h2-8,16-20H,1H3,(H2,21,22,23). The molecule has 0 amide bonds. The van der Waals surface area contributed by atoms with Gasteiger partial charge in [-0.2, -0.15) is 0 Å². The first-order valence-electron chi connectivity index (χ1n) is 6.97. The molecule has 7 N–H and O–H groups in total. The van der Waals surface area contributed by atoms with Crippen LogP contribution in [0.3, 0.4) is 0 Å². The minimum atomic E-state index is -5.12. The largest absolute Gasteiger partial charge is 0.524 e. The van der Waals surface area contributed by atoms with Crippen LogP contribution in [0.1, 0.15) is 24.0 Å². The predicted octanol–water partition coefficient (Wildman–Crippen LogP) is 1.22. The van der Waals surface area contributed by atoms with Crippen LogP contribution in [0.5, 0.6) is 23.0 Å². The molecule has 0 fully saturated rings. The van der Waals surface area contributed by atoms with Crippen LogP contribution >= 0.6 is 7.82 Å². The molecule has 0 heterocycles. The molecular formula is C15H17O9P. The van der Waals surface area contributed by atoms with E-state index in [-0.39, 0.29) is 11.3 Å². The molecule has 0 aliphatic heterocycles. The summed E-state index contributed by atoms with van der Waals surface area (Å²) in [6.07, 6.45) is 0. The zero-order valence-corrected chi connectivity index (χ0v) is 13.8. The molecule has 10 heteroatoms. The zero-order valence-electron chi connectivity index (χ0n) is 12.9. The van der Waals surface area contributed by atoms with Crippen molar-refractivity contribution >= 4 is 7.82 Å². The van der Waals surface area contributed by atoms with Gasteiger partial charge in [-0.05, 0) is 17.7 Å². The molecule has 0 aliphatic rings. The number of hydrogen-bond donors (Lipinski definition) is 7. The van der Waals surface area contributed by atoms with Gasteiger partial charge >= 0.3 is 7.82 Å². The van der Waals surface area contributed by atoms with Gasteiger partial charge in [0.2, 0.25) is 5.79 Å². The summed E-state index contributed by atoms with van der Waals surface area (Å²) in [5.74, 6) is -6.40. The first-order valence-corrected chi connectivity index (χ1v) is 8.50. The van der Waals surface area contributed by atoms with Gasteiger partial charge in [-0.1, -0.05) is 19.1 Å². The first-order chi connectivity index (χ1) is 11.4. The highest BCUT2D eigenvalue weighted by molar-refractivity contribution is 7.46. The Morgan fingerprint density at radius 1 is 1.04 bits per heavy atom. The predicted molar refractivity (Wildman–Crippen MR) is 85.1 cm³/mol. The topological polar surface area (TPSA) is 168 Å². The fourth-order valence-electron chi connectivity index (χ4n) is 2.40. The number of aromatic hydroxyl groups is 3. The number of aliphatic hydroxyl groups is 2. The minimum absolute atomic E-state index is 0.137. The Morgan fingerprint density at radius 2 is 1.68 bits per heavy atom. The number of phosphoric ester groups is 1. The lowest BCUT2D eigenvalue weighted by atomic mass is 9.86. The van der Waals surface area contributed by atoms with Gasteiger partial charge < -0.3 is 30.1 Å². The highest BCUT2D eigenvalue weighted by Gasteiger charge is 2.41. The molecule has 0 radical (unpaired) electrons. The Bertz CT molecular complexity index is 828. The molecule has 1 unspecified atom stereocenters. The van der Waals surface area contributed by atoms with Crippen LogP contribution in [0, 0.1) is 0 Å². The number of benzene rings is 2. The summed E-state index contributed by atoms with van der Waals surface area (Å²) in [5.41, 5.74) is -0.482. The van der Waals surface area contributed by atoms with Crippen molar-refractivity contribution in [2.75, 3.05) is 0 Å². The molecule has 2 rings (SSSR count). The molecule has 9 nitrogen and oxygen atoms in total. The molecule has 0 aliphatic carbocycles. The second kappa shape index (κ2) is 6.55. The van der Waals surface area contributed by atoms with Gasteiger partial charge in [0.1, 0.15) is 23.0 Å². The van der Waals surface area contributed by atoms with Crippen LogP contribution in [0.4, 0.5) is 0 Å². The zero-order chi connectivity index (χ0) is 19.0. The Kier molecular flexibility index (Phi) is 4.99. The van der Waals surface area contributed by atoms with Crippen LogP contribution in [0.2, 0.25) is 0 Å². The van der Waals surface area contributed by atoms with E-state index in [0.29, 0.717) is 0 Å². The van der Waals surface area contributed by atoms with Gasteiger partial charge in [-0.15, -0.1) is 0 Å². The summed E-state index contributed by atoms with van der Waals surface area (Å²) >= 11 is 0. The third-order valence-corrected chi connectivity index (χ3v) is 4.06. The number of rotatable bonds is 5. The van der Waals surface area contributed by atoms with E-state index in [0.717, 1.165) is 12.1 Å². The molecule has 2 aromatic rings. The van der Waals surface area contributed by atoms with Gasteiger partial charge in [0, 0.05) is 18.1 Å². The Morgan fingerprint density at radius 3 is 2.24 bits per heavy atom. The van der Waals surface area contributed by atoms with Crippen molar-refractivity contribution in [3.8, 4) is 23.0 Å². The fraction of sp³-hybridized carbons (Fsp3) is 0.200. The van der Waals surface area contributed by atoms with Crippen LogP contribution in [-0.4, -0.2) is 35.3 Å². The molecular weight excluding hydrogens is 355 g/mol. The normalized spacial score (nSPS) is 13.5. The number of phosphoric acid groups is 1. The highest BCUT2D eigenvalue weighted by Crippen LogP contribution is 2.49. The summed E-state index contributed by atoms with van der Waals surface area (Å²) in [6, 6.07) is 7.05. The smallest absolute Gasteiger partial charge is 0.508 e. The lowest BCUT2D eigenvalue weighted by Crippen LogP contribution is -2.32. The first kappa shape index (κ1) is 19.0. The van der Waals surface area contributed by atoms with E-state index in [4.69, 9.17) is 9.79 Å². The van der Waals surface area contributed by atoms with E-state index in [2.05, 4.69) is 4.52 Å². The molecule has 0 saturated heterocycles. The summed E-state index contributed by atoms with van der Waals surface area (Å²) in [6.45, 7) is 1.35. The molecule has 1 atom stereocenters. The summed E-state index contributed by atoms with van der Waals surface area (Å²) in [5, 5.41) is 50.1. The molecule has 0 spiro atoms. The van der Waals surface area contributed by atoms with E-state index in [1.54, 1.807) is 0 Å². The van der Waals surface area contributed by atoms with Crippen molar-refractivity contribution in [3.05, 3.63) is 47.5 Å². The number of phenolic OH excluding ortho intramolecular Hbond substituents is 3. The molecule has 25 heavy (non-hydrogen) atoms. The van der Waals surface area contributed by atoms with Crippen molar-refractivity contribution in [1.82, 2.24) is 0 Å². The van der Waals surface area contributed by atoms with Crippen molar-refractivity contribution in [1.29, 1.82) is 0 Å². The second-order valence-corrected chi connectivity index (χ2v) is 6.63. The number of hydrogen-bond acceptors (Lipinski definition) is 7. The van der Waals surface area contributed by atoms with E-state index >= 15 is 0 Å². The number of phenols is 3. The maximum Gasteiger partial charge on any atom is 0.524 e. The summed E-state index contributed by atoms with van der Waals surface area (Å²) < 4.78 is 15.5. The molecule has 0 aromatic heterocycles. The van der Waals surface area contributed by atoms with Gasteiger partial charge in [0.25, 0.3) is 0 Å². The quantitative estimate of drug-likeness (QED) is 0.301. The molecule has 136 valence electrons. The maximum atomic E-state index is 11.1. The van der Waals surface area contributed by atoms with Gasteiger partial charge in [0.15, 0.2) is 0 Å². The van der Waals surface area contributed by atoms with Crippen LogP contribution < -0.4 is 4.52 Å². The van der Waals surface area contributed by atoms with E-state index in [1.165, 1.54) is 31.2 Å². The molecule has 0 saturated carbocycles. The fourth-order valence-corrected chi connectivity index (χ4v) is 2.80. The Hall–Kier alpha value is -2.29. The Labute approximate surface area is 142 Å². The van der Waals surface area contributed by atoms with Gasteiger partial charge in [-0.3, -0.25) is 9.79 Å². The molecule has 0 bridgehead atoms. The lowest BCUT2D eigenvalue weighted by Gasteiger charge is -2.31. The summed E-state index contributed by atoms with van der Waals surface area (Å²) in [4.78, 5) is 17.9. The maximum absolute atomic E-state index is 11.1.